The van der Waals surface area contributed by atoms with Crippen molar-refractivity contribution in [2.45, 2.75) is 133 Å². The molecule has 0 saturated carbocycles. The summed E-state index contributed by atoms with van der Waals surface area (Å²) in [5.41, 5.74) is 0. The number of hydrogen-bond acceptors (Lipinski definition) is 12. The van der Waals surface area contributed by atoms with Crippen LogP contribution in [0.2, 0.25) is 61.9 Å². The number of rotatable bonds is 13. The van der Waals surface area contributed by atoms with Gasteiger partial charge in [0, 0.05) is 42.3 Å². The van der Waals surface area contributed by atoms with E-state index in [1.54, 1.807) is 0 Å². The third kappa shape index (κ3) is 8.77. The maximum absolute atomic E-state index is 7.13. The molecular weight excluding hydrogens is 713 g/mol. The van der Waals surface area contributed by atoms with E-state index in [-0.39, 0.29) is 22.3 Å². The zero-order valence-corrected chi connectivity index (χ0v) is 36.7. The summed E-state index contributed by atoms with van der Waals surface area (Å²) >= 11 is 0. The van der Waals surface area contributed by atoms with Gasteiger partial charge in [-0.2, -0.15) is 0 Å². The maximum atomic E-state index is 7.13. The van der Waals surface area contributed by atoms with Crippen LogP contribution in [0.3, 0.4) is 0 Å². The van der Waals surface area contributed by atoms with Crippen LogP contribution >= 0.6 is 0 Å². The fraction of sp³-hybridized carbons (Fsp3) is 1.00. The molecule has 0 unspecified atom stereocenters. The summed E-state index contributed by atoms with van der Waals surface area (Å²) in [6, 6.07) is 3.50. The minimum absolute atomic E-state index is 0. The Bertz CT molecular complexity index is 702. The summed E-state index contributed by atoms with van der Waals surface area (Å²) in [5.74, 6) is 0. The van der Waals surface area contributed by atoms with Crippen molar-refractivity contribution in [2.24, 2.45) is 0 Å². The van der Waals surface area contributed by atoms with E-state index in [4.69, 9.17) is 49.4 Å². The topological polar surface area (TPSA) is 111 Å². The minimum Gasteiger partial charge on any atom is -0.422 e. The predicted octanol–water partition coefficient (Wildman–Crippen LogP) is 4.24. The Balaban J connectivity index is 0.00000560. The Labute approximate surface area is 271 Å². The summed E-state index contributed by atoms with van der Waals surface area (Å²) in [6.45, 7) is 20.4. The van der Waals surface area contributed by atoms with Gasteiger partial charge in [-0.1, -0.05) is 90.4 Å². The second kappa shape index (κ2) is 17.2. The lowest BCUT2D eigenvalue weighted by Gasteiger charge is -2.58. The summed E-state index contributed by atoms with van der Waals surface area (Å²) in [6.07, 6.45) is 0. The number of fused-ring (bicyclic) bond motifs is 3. The molecule has 0 spiro atoms. The minimum atomic E-state index is -3.57. The van der Waals surface area contributed by atoms with Crippen LogP contribution in [-0.2, 0) is 49.4 Å². The van der Waals surface area contributed by atoms with Gasteiger partial charge in [-0.3, -0.25) is 0 Å². The van der Waals surface area contributed by atoms with Gasteiger partial charge in [-0.15, -0.1) is 0 Å². The monoisotopic (exact) mass is 774 g/mol. The average molecular weight is 776 g/mol. The first-order valence-corrected chi connectivity index (χ1v) is 34.2. The molecule has 3 rings (SSSR count). The van der Waals surface area contributed by atoms with E-state index in [0.717, 1.165) is 0 Å². The van der Waals surface area contributed by atoms with Crippen molar-refractivity contribution < 1.29 is 49.4 Å². The lowest BCUT2D eigenvalue weighted by atomic mass is 11.0. The second-order valence-electron chi connectivity index (χ2n) is 9.47. The molecule has 254 valence electrons. The Kier molecular flexibility index (Phi) is 17.9. The van der Waals surface area contributed by atoms with Crippen molar-refractivity contribution >= 4 is 90.9 Å². The van der Waals surface area contributed by atoms with Crippen LogP contribution in [0.15, 0.2) is 0 Å². The third-order valence-corrected chi connectivity index (χ3v) is 44.1. The van der Waals surface area contributed by atoms with E-state index in [0.29, 0.717) is 42.3 Å². The maximum Gasteiger partial charge on any atom is 0.478 e. The summed E-state index contributed by atoms with van der Waals surface area (Å²) in [7, 11) is -27.2. The van der Waals surface area contributed by atoms with Gasteiger partial charge in [0.25, 0.3) is 0 Å². The highest BCUT2D eigenvalue weighted by molar-refractivity contribution is 6.99. The average Bonchev–Trinajstić information content (AvgIpc) is 2.90. The smallest absolute Gasteiger partial charge is 0.422 e. The molecule has 12 nitrogen and oxygen atoms in total. The summed E-state index contributed by atoms with van der Waals surface area (Å²) < 4.78 is 83.6. The van der Waals surface area contributed by atoms with Crippen LogP contribution in [0.4, 0.5) is 0 Å². The molecular formula is C20H62O12Si10. The second-order valence-corrected chi connectivity index (χ2v) is 36.5. The molecule has 3 heterocycles. The van der Waals surface area contributed by atoms with Crippen molar-refractivity contribution in [3.63, 3.8) is 0 Å². The lowest BCUT2D eigenvalue weighted by molar-refractivity contribution is 0.0149. The molecule has 22 heteroatoms. The number of hydrogen-bond donors (Lipinski definition) is 0. The van der Waals surface area contributed by atoms with E-state index in [2.05, 4.69) is 19.6 Å². The summed E-state index contributed by atoms with van der Waals surface area (Å²) in [4.78, 5) is 0. The van der Waals surface area contributed by atoms with E-state index in [9.17, 15) is 0 Å². The lowest BCUT2D eigenvalue weighted by Crippen LogP contribution is -2.82. The first kappa shape index (κ1) is 43.7. The third-order valence-electron chi connectivity index (χ3n) is 6.92. The zero-order chi connectivity index (χ0) is 29.1. The molecule has 3 fully saturated rings. The Hall–Kier alpha value is 1.69. The summed E-state index contributed by atoms with van der Waals surface area (Å²) in [5, 5.41) is 0. The van der Waals surface area contributed by atoms with Gasteiger partial charge in [0.15, 0.2) is 0 Å². The van der Waals surface area contributed by atoms with Gasteiger partial charge in [0.2, 0.25) is 0 Å². The van der Waals surface area contributed by atoms with E-state index < -0.39 is 90.9 Å². The van der Waals surface area contributed by atoms with E-state index >= 15 is 0 Å². The predicted molar refractivity (Wildman–Crippen MR) is 190 cm³/mol. The van der Waals surface area contributed by atoms with Crippen LogP contribution in [-0.4, -0.2) is 90.9 Å². The van der Waals surface area contributed by atoms with Gasteiger partial charge >= 0.3 is 61.6 Å². The Morgan fingerprint density at radius 3 is 0.690 bits per heavy atom. The Morgan fingerprint density at radius 2 is 0.548 bits per heavy atom. The van der Waals surface area contributed by atoms with Crippen molar-refractivity contribution in [3.8, 4) is 0 Å². The van der Waals surface area contributed by atoms with Crippen molar-refractivity contribution in [1.82, 2.24) is 0 Å². The molecule has 4 bridgehead atoms. The standard InChI is InChI=1S/C17H50O12Si10.3CH4/c1-11-33(18-30-8)21-36(14-4)23-34(12-2,19-31-9)25-38(16-6)26-35(13-3,20-32-10)24-37(15-5,22-33)28-39(17-7,27-36)29-38;;;/h11-17,30-32H2,1-10H3;3*1H4. The highest BCUT2D eigenvalue weighted by atomic mass is 28.6. The van der Waals surface area contributed by atoms with Crippen LogP contribution in [0.5, 0.6) is 0 Å². The van der Waals surface area contributed by atoms with E-state index in [1.165, 1.54) is 0 Å². The molecule has 3 aliphatic rings. The molecule has 0 aromatic carbocycles. The van der Waals surface area contributed by atoms with Crippen molar-refractivity contribution in [2.75, 3.05) is 0 Å². The highest BCUT2D eigenvalue weighted by Crippen LogP contribution is 2.47. The van der Waals surface area contributed by atoms with Crippen LogP contribution in [0.25, 0.3) is 0 Å². The molecule has 0 radical (unpaired) electrons. The molecule has 0 aromatic heterocycles. The largest absolute Gasteiger partial charge is 0.478 e. The molecule has 0 aliphatic carbocycles. The zero-order valence-electron chi connectivity index (χ0n) is 25.5. The SMILES string of the molecule is C.C.C.CC[Si]1(O[SiH2]C)O[Si]2(CC)O[Si](CC)(O[SiH2]C)O[Si]3(CC)O[Si](CC)(O[SiH2]C)O[Si](CC)(O1)O[Si](CC)(O2)O3. The fourth-order valence-electron chi connectivity index (χ4n) is 4.89. The molecule has 42 heavy (non-hydrogen) atoms. The van der Waals surface area contributed by atoms with Crippen LogP contribution < -0.4 is 0 Å². The molecule has 0 aromatic rings. The van der Waals surface area contributed by atoms with E-state index in [1.807, 2.05) is 48.5 Å². The molecule has 3 saturated heterocycles. The molecule has 0 N–H and O–H groups in total. The first-order chi connectivity index (χ1) is 18.5. The van der Waals surface area contributed by atoms with Crippen molar-refractivity contribution in [1.29, 1.82) is 0 Å². The van der Waals surface area contributed by atoms with Gasteiger partial charge < -0.3 is 49.4 Å². The Morgan fingerprint density at radius 1 is 0.357 bits per heavy atom. The van der Waals surface area contributed by atoms with Gasteiger partial charge in [-0.25, -0.2) is 0 Å². The molecule has 0 atom stereocenters. The van der Waals surface area contributed by atoms with Gasteiger partial charge in [0.05, 0.1) is 0 Å². The van der Waals surface area contributed by atoms with Crippen LogP contribution in [0.1, 0.15) is 70.7 Å². The highest BCUT2D eigenvalue weighted by Gasteiger charge is 2.76. The molecule has 3 aliphatic heterocycles. The fourth-order valence-corrected chi connectivity index (χ4v) is 52.8. The van der Waals surface area contributed by atoms with Gasteiger partial charge in [0.1, 0.15) is 29.3 Å². The quantitative estimate of drug-likeness (QED) is 0.250. The molecule has 0 amide bonds. The normalized spacial score (nSPS) is 42.4. The van der Waals surface area contributed by atoms with Gasteiger partial charge in [-0.05, 0) is 0 Å². The first-order valence-electron chi connectivity index (χ1n) is 14.7. The van der Waals surface area contributed by atoms with Crippen molar-refractivity contribution in [3.05, 3.63) is 0 Å². The van der Waals surface area contributed by atoms with Crippen LogP contribution in [0, 0.1) is 0 Å².